The Morgan fingerprint density at radius 1 is 1.47 bits per heavy atom. The Balaban J connectivity index is 2.31. The van der Waals surface area contributed by atoms with Crippen molar-refractivity contribution in [2.45, 2.75) is 12.5 Å². The van der Waals surface area contributed by atoms with Crippen LogP contribution in [0.2, 0.25) is 0 Å². The Labute approximate surface area is 110 Å². The molecule has 5 heteroatoms. The lowest BCUT2D eigenvalue weighted by molar-refractivity contribution is -0.148. The van der Waals surface area contributed by atoms with Crippen molar-refractivity contribution in [1.29, 1.82) is 0 Å². The molecule has 0 spiro atoms. The third-order valence-corrected chi connectivity index (χ3v) is 3.25. The molecule has 1 amide bonds. The third kappa shape index (κ3) is 2.65. The highest BCUT2D eigenvalue weighted by Crippen LogP contribution is 2.29. The molecule has 100 valence electrons. The van der Waals surface area contributed by atoms with E-state index in [1.165, 1.54) is 29.2 Å². The lowest BCUT2D eigenvalue weighted by Crippen LogP contribution is -2.35. The van der Waals surface area contributed by atoms with Crippen LogP contribution in [0.3, 0.4) is 0 Å². The van der Waals surface area contributed by atoms with Gasteiger partial charge in [0, 0.05) is 18.9 Å². The predicted octanol–water partition coefficient (Wildman–Crippen LogP) is 1.99. The molecule has 2 rings (SSSR count). The zero-order chi connectivity index (χ0) is 14.0. The molecule has 1 unspecified atom stereocenters. The van der Waals surface area contributed by atoms with Gasteiger partial charge in [0.15, 0.2) is 6.04 Å². The van der Waals surface area contributed by atoms with Crippen LogP contribution in [0, 0.1) is 11.7 Å². The highest BCUT2D eigenvalue weighted by Gasteiger charge is 2.37. The standard InChI is InChI=1S/C14H14FNO3/c1-2-9-7-12(17)16(8-9)13(14(18)19)10-3-5-11(15)6-4-10/h2-6,9,13H,1,7-8H2,(H,18,19)/t9?,13-/m0/s1. The summed E-state index contributed by atoms with van der Waals surface area (Å²) in [7, 11) is 0. The molecule has 1 aromatic carbocycles. The highest BCUT2D eigenvalue weighted by atomic mass is 19.1. The Kier molecular flexibility index (Phi) is 3.64. The van der Waals surface area contributed by atoms with E-state index in [2.05, 4.69) is 6.58 Å². The summed E-state index contributed by atoms with van der Waals surface area (Å²) in [6.07, 6.45) is 1.93. The molecule has 19 heavy (non-hydrogen) atoms. The van der Waals surface area contributed by atoms with E-state index >= 15 is 0 Å². The first-order chi connectivity index (χ1) is 9.02. The predicted molar refractivity (Wildman–Crippen MR) is 66.8 cm³/mol. The van der Waals surface area contributed by atoms with Crippen molar-refractivity contribution in [2.75, 3.05) is 6.54 Å². The minimum Gasteiger partial charge on any atom is -0.479 e. The largest absolute Gasteiger partial charge is 0.479 e. The van der Waals surface area contributed by atoms with Crippen molar-refractivity contribution >= 4 is 11.9 Å². The van der Waals surface area contributed by atoms with Gasteiger partial charge in [-0.2, -0.15) is 0 Å². The van der Waals surface area contributed by atoms with E-state index in [0.717, 1.165) is 0 Å². The summed E-state index contributed by atoms with van der Waals surface area (Å²) in [6.45, 7) is 3.95. The molecule has 2 atom stereocenters. The molecule has 1 aliphatic heterocycles. The van der Waals surface area contributed by atoms with Crippen molar-refractivity contribution < 1.29 is 19.1 Å². The SMILES string of the molecule is C=CC1CC(=O)N([C@H](C(=O)O)c2ccc(F)cc2)C1. The summed E-state index contributed by atoms with van der Waals surface area (Å²) >= 11 is 0. The topological polar surface area (TPSA) is 57.6 Å². The van der Waals surface area contributed by atoms with Crippen molar-refractivity contribution in [3.8, 4) is 0 Å². The molecule has 1 aromatic rings. The van der Waals surface area contributed by atoms with Gasteiger partial charge < -0.3 is 10.0 Å². The van der Waals surface area contributed by atoms with Gasteiger partial charge in [0.2, 0.25) is 5.91 Å². The first-order valence-electron chi connectivity index (χ1n) is 5.93. The molecular formula is C14H14FNO3. The van der Waals surface area contributed by atoms with Crippen LogP contribution in [0.15, 0.2) is 36.9 Å². The number of aliphatic carboxylic acids is 1. The molecule has 0 bridgehead atoms. The lowest BCUT2D eigenvalue weighted by atomic mass is 10.1. The number of rotatable bonds is 4. The maximum atomic E-state index is 12.9. The van der Waals surface area contributed by atoms with Crippen molar-refractivity contribution in [1.82, 2.24) is 4.90 Å². The van der Waals surface area contributed by atoms with Gasteiger partial charge in [-0.15, -0.1) is 6.58 Å². The van der Waals surface area contributed by atoms with Crippen molar-refractivity contribution in [2.24, 2.45) is 5.92 Å². The van der Waals surface area contributed by atoms with Gasteiger partial charge in [0.1, 0.15) is 5.82 Å². The first kappa shape index (κ1) is 13.3. The number of nitrogens with zero attached hydrogens (tertiary/aromatic N) is 1. The summed E-state index contributed by atoms with van der Waals surface area (Å²) in [6, 6.07) is 4.09. The van der Waals surface area contributed by atoms with Crippen LogP contribution in [0.5, 0.6) is 0 Å². The Bertz CT molecular complexity index is 512. The second-order valence-electron chi connectivity index (χ2n) is 4.54. The fourth-order valence-corrected chi connectivity index (χ4v) is 2.27. The lowest BCUT2D eigenvalue weighted by Gasteiger charge is -2.24. The maximum Gasteiger partial charge on any atom is 0.331 e. The van der Waals surface area contributed by atoms with Gasteiger partial charge in [-0.3, -0.25) is 4.79 Å². The number of hydrogen-bond acceptors (Lipinski definition) is 2. The van der Waals surface area contributed by atoms with E-state index in [1.54, 1.807) is 6.08 Å². The van der Waals surface area contributed by atoms with E-state index in [4.69, 9.17) is 0 Å². The maximum absolute atomic E-state index is 12.9. The number of benzene rings is 1. The molecule has 1 aliphatic rings. The van der Waals surface area contributed by atoms with Gasteiger partial charge in [-0.05, 0) is 17.7 Å². The first-order valence-corrected chi connectivity index (χ1v) is 5.93. The average molecular weight is 263 g/mol. The summed E-state index contributed by atoms with van der Waals surface area (Å²) < 4.78 is 12.9. The Morgan fingerprint density at radius 3 is 2.58 bits per heavy atom. The third-order valence-electron chi connectivity index (χ3n) is 3.25. The number of carbonyl (C=O) groups is 2. The van der Waals surface area contributed by atoms with Crippen LogP contribution in [-0.2, 0) is 9.59 Å². The molecule has 0 aromatic heterocycles. The molecule has 0 saturated carbocycles. The summed E-state index contributed by atoms with van der Waals surface area (Å²) in [5.41, 5.74) is 0.395. The number of carboxylic acid groups (broad SMARTS) is 1. The molecule has 1 fully saturated rings. The van der Waals surface area contributed by atoms with Crippen LogP contribution in [-0.4, -0.2) is 28.4 Å². The molecule has 0 aliphatic carbocycles. The van der Waals surface area contributed by atoms with Crippen LogP contribution < -0.4 is 0 Å². The van der Waals surface area contributed by atoms with E-state index in [0.29, 0.717) is 12.1 Å². The number of carbonyl (C=O) groups excluding carboxylic acids is 1. The smallest absolute Gasteiger partial charge is 0.331 e. The summed E-state index contributed by atoms with van der Waals surface area (Å²) in [4.78, 5) is 24.6. The molecule has 1 heterocycles. The number of amides is 1. The quantitative estimate of drug-likeness (QED) is 0.845. The van der Waals surface area contributed by atoms with E-state index in [9.17, 15) is 19.1 Å². The number of hydrogen-bond donors (Lipinski definition) is 1. The van der Waals surface area contributed by atoms with Gasteiger partial charge in [-0.25, -0.2) is 9.18 Å². The minimum absolute atomic E-state index is 0.0326. The number of halogens is 1. The molecule has 1 saturated heterocycles. The Morgan fingerprint density at radius 2 is 2.11 bits per heavy atom. The minimum atomic E-state index is -1.12. The molecule has 4 nitrogen and oxygen atoms in total. The second-order valence-corrected chi connectivity index (χ2v) is 4.54. The van der Waals surface area contributed by atoms with Crippen molar-refractivity contribution in [3.63, 3.8) is 0 Å². The van der Waals surface area contributed by atoms with Crippen LogP contribution in [0.25, 0.3) is 0 Å². The Hall–Kier alpha value is -2.17. The van der Waals surface area contributed by atoms with Crippen molar-refractivity contribution in [3.05, 3.63) is 48.3 Å². The zero-order valence-corrected chi connectivity index (χ0v) is 10.3. The second kappa shape index (κ2) is 5.22. The molecular weight excluding hydrogens is 249 g/mol. The molecule has 1 N–H and O–H groups in total. The van der Waals surface area contributed by atoms with Crippen LogP contribution >= 0.6 is 0 Å². The summed E-state index contributed by atoms with van der Waals surface area (Å²) in [5, 5.41) is 9.32. The monoisotopic (exact) mass is 263 g/mol. The van der Waals surface area contributed by atoms with E-state index in [-0.39, 0.29) is 18.2 Å². The fourth-order valence-electron chi connectivity index (χ4n) is 2.27. The van der Waals surface area contributed by atoms with Crippen LogP contribution in [0.4, 0.5) is 4.39 Å². The van der Waals surface area contributed by atoms with Crippen LogP contribution in [0.1, 0.15) is 18.0 Å². The van der Waals surface area contributed by atoms with Gasteiger partial charge in [-0.1, -0.05) is 18.2 Å². The normalized spacial score (nSPS) is 20.4. The number of carboxylic acids is 1. The number of likely N-dealkylation sites (tertiary alicyclic amines) is 1. The van der Waals surface area contributed by atoms with Gasteiger partial charge >= 0.3 is 5.97 Å². The fraction of sp³-hybridized carbons (Fsp3) is 0.286. The van der Waals surface area contributed by atoms with E-state index in [1.807, 2.05) is 0 Å². The summed E-state index contributed by atoms with van der Waals surface area (Å²) in [5.74, 6) is -1.81. The average Bonchev–Trinajstić information content (AvgIpc) is 2.73. The molecule has 0 radical (unpaired) electrons. The van der Waals surface area contributed by atoms with Gasteiger partial charge in [0.25, 0.3) is 0 Å². The van der Waals surface area contributed by atoms with E-state index < -0.39 is 17.8 Å². The highest BCUT2D eigenvalue weighted by molar-refractivity contribution is 5.86. The zero-order valence-electron chi connectivity index (χ0n) is 10.3. The van der Waals surface area contributed by atoms with Gasteiger partial charge in [0.05, 0.1) is 0 Å².